The third kappa shape index (κ3) is 3.93. The molecular formula is C17H32N4O. The largest absolute Gasteiger partial charge is 0.380 e. The number of guanidine groups is 1. The number of hydrogen-bond acceptors (Lipinski definition) is 3. The second-order valence-corrected chi connectivity index (χ2v) is 7.62. The predicted molar refractivity (Wildman–Crippen MR) is 90.3 cm³/mol. The van der Waals surface area contributed by atoms with Gasteiger partial charge < -0.3 is 20.3 Å². The standard InChI is InChI=1S/C17H32N4O/c1-17(12-22-13-17)11-19-16(18-2)20-14-7-9-21(10-8-14)15-5-3-4-6-15/h14-15H,3-13H2,1-2H3,(H2,18,19,20). The van der Waals surface area contributed by atoms with Crippen molar-refractivity contribution in [3.8, 4) is 0 Å². The Morgan fingerprint density at radius 2 is 1.86 bits per heavy atom. The first-order valence-corrected chi connectivity index (χ1v) is 8.97. The SMILES string of the molecule is CN=C(NCC1(C)COC1)NC1CCN(C2CCCC2)CC1. The van der Waals surface area contributed by atoms with E-state index in [1.54, 1.807) is 0 Å². The maximum atomic E-state index is 5.31. The smallest absolute Gasteiger partial charge is 0.191 e. The van der Waals surface area contributed by atoms with Crippen LogP contribution in [0, 0.1) is 5.41 Å². The number of piperidine rings is 1. The molecule has 0 aromatic carbocycles. The highest BCUT2D eigenvalue weighted by atomic mass is 16.5. The number of ether oxygens (including phenoxy) is 1. The molecule has 5 heteroatoms. The number of nitrogens with zero attached hydrogens (tertiary/aromatic N) is 2. The zero-order chi connectivity index (χ0) is 15.4. The van der Waals surface area contributed by atoms with Gasteiger partial charge in [0.2, 0.25) is 0 Å². The molecule has 0 amide bonds. The van der Waals surface area contributed by atoms with Gasteiger partial charge in [-0.2, -0.15) is 0 Å². The fourth-order valence-corrected chi connectivity index (χ4v) is 3.92. The highest BCUT2D eigenvalue weighted by Gasteiger charge is 2.33. The van der Waals surface area contributed by atoms with Crippen molar-refractivity contribution >= 4 is 5.96 Å². The van der Waals surface area contributed by atoms with E-state index in [1.165, 1.54) is 51.6 Å². The summed E-state index contributed by atoms with van der Waals surface area (Å²) in [5.74, 6) is 0.951. The van der Waals surface area contributed by atoms with E-state index in [0.29, 0.717) is 6.04 Å². The average molecular weight is 308 g/mol. The number of aliphatic imine (C=N–C) groups is 1. The third-order valence-corrected chi connectivity index (χ3v) is 5.52. The molecule has 0 atom stereocenters. The molecule has 0 aromatic rings. The molecular weight excluding hydrogens is 276 g/mol. The van der Waals surface area contributed by atoms with Crippen molar-refractivity contribution in [3.63, 3.8) is 0 Å². The van der Waals surface area contributed by atoms with Crippen LogP contribution in [0.4, 0.5) is 0 Å². The van der Waals surface area contributed by atoms with E-state index in [9.17, 15) is 0 Å². The van der Waals surface area contributed by atoms with Crippen molar-refractivity contribution < 1.29 is 4.74 Å². The van der Waals surface area contributed by atoms with Gasteiger partial charge in [-0.25, -0.2) is 0 Å². The van der Waals surface area contributed by atoms with Gasteiger partial charge in [0.1, 0.15) is 0 Å². The molecule has 3 rings (SSSR count). The maximum absolute atomic E-state index is 5.31. The lowest BCUT2D eigenvalue weighted by atomic mass is 9.89. The first-order chi connectivity index (χ1) is 10.7. The van der Waals surface area contributed by atoms with E-state index in [-0.39, 0.29) is 5.41 Å². The minimum Gasteiger partial charge on any atom is -0.380 e. The van der Waals surface area contributed by atoms with E-state index in [4.69, 9.17) is 4.74 Å². The molecule has 22 heavy (non-hydrogen) atoms. The minimum absolute atomic E-state index is 0.281. The molecule has 2 heterocycles. The summed E-state index contributed by atoms with van der Waals surface area (Å²) in [6, 6.07) is 1.44. The summed E-state index contributed by atoms with van der Waals surface area (Å²) in [5, 5.41) is 7.08. The van der Waals surface area contributed by atoms with Crippen LogP contribution in [0.3, 0.4) is 0 Å². The number of hydrogen-bond donors (Lipinski definition) is 2. The summed E-state index contributed by atoms with van der Waals surface area (Å²) in [6.07, 6.45) is 8.17. The molecule has 2 saturated heterocycles. The Morgan fingerprint density at radius 3 is 2.41 bits per heavy atom. The Labute approximate surface area is 134 Å². The predicted octanol–water partition coefficient (Wildman–Crippen LogP) is 1.59. The number of nitrogens with one attached hydrogen (secondary N) is 2. The van der Waals surface area contributed by atoms with Crippen LogP contribution in [0.1, 0.15) is 45.4 Å². The Balaban J connectivity index is 1.39. The quantitative estimate of drug-likeness (QED) is 0.612. The molecule has 1 saturated carbocycles. The van der Waals surface area contributed by atoms with Crippen LogP contribution in [0.15, 0.2) is 4.99 Å². The van der Waals surface area contributed by atoms with Crippen molar-refractivity contribution in [3.05, 3.63) is 0 Å². The van der Waals surface area contributed by atoms with Gasteiger partial charge in [0.05, 0.1) is 13.2 Å². The molecule has 0 bridgehead atoms. The molecule has 1 aliphatic carbocycles. The normalized spacial score (nSPS) is 27.6. The molecule has 0 spiro atoms. The van der Waals surface area contributed by atoms with Gasteiger partial charge in [-0.3, -0.25) is 4.99 Å². The van der Waals surface area contributed by atoms with Gasteiger partial charge in [0, 0.05) is 44.2 Å². The van der Waals surface area contributed by atoms with E-state index >= 15 is 0 Å². The highest BCUT2D eigenvalue weighted by molar-refractivity contribution is 5.80. The van der Waals surface area contributed by atoms with Gasteiger partial charge in [-0.15, -0.1) is 0 Å². The van der Waals surface area contributed by atoms with E-state index in [0.717, 1.165) is 31.8 Å². The fraction of sp³-hybridized carbons (Fsp3) is 0.941. The summed E-state index contributed by atoms with van der Waals surface area (Å²) in [5.41, 5.74) is 0.281. The van der Waals surface area contributed by atoms with Crippen molar-refractivity contribution in [2.75, 3.05) is 39.9 Å². The maximum Gasteiger partial charge on any atom is 0.191 e. The lowest BCUT2D eigenvalue weighted by Crippen LogP contribution is -2.54. The molecule has 3 fully saturated rings. The van der Waals surface area contributed by atoms with Crippen LogP contribution >= 0.6 is 0 Å². The number of likely N-dealkylation sites (tertiary alicyclic amines) is 1. The molecule has 0 aromatic heterocycles. The summed E-state index contributed by atoms with van der Waals surface area (Å²) in [7, 11) is 1.86. The van der Waals surface area contributed by atoms with Crippen molar-refractivity contribution in [2.45, 2.75) is 57.5 Å². The van der Waals surface area contributed by atoms with Crippen LogP contribution in [-0.4, -0.2) is 62.8 Å². The van der Waals surface area contributed by atoms with Crippen LogP contribution in [0.25, 0.3) is 0 Å². The summed E-state index contributed by atoms with van der Waals surface area (Å²) >= 11 is 0. The van der Waals surface area contributed by atoms with E-state index in [1.807, 2.05) is 7.05 Å². The lowest BCUT2D eigenvalue weighted by Gasteiger charge is -2.39. The van der Waals surface area contributed by atoms with Gasteiger partial charge in [0.25, 0.3) is 0 Å². The van der Waals surface area contributed by atoms with Crippen LogP contribution in [0.5, 0.6) is 0 Å². The van der Waals surface area contributed by atoms with Crippen LogP contribution in [-0.2, 0) is 4.74 Å². The fourth-order valence-electron chi connectivity index (χ4n) is 3.92. The third-order valence-electron chi connectivity index (χ3n) is 5.52. The summed E-state index contributed by atoms with van der Waals surface area (Å²) in [4.78, 5) is 7.10. The Bertz CT molecular complexity index is 380. The van der Waals surface area contributed by atoms with Crippen molar-refractivity contribution in [2.24, 2.45) is 10.4 Å². The van der Waals surface area contributed by atoms with Crippen molar-refractivity contribution in [1.29, 1.82) is 0 Å². The van der Waals surface area contributed by atoms with Crippen LogP contribution < -0.4 is 10.6 Å². The van der Waals surface area contributed by atoms with E-state index in [2.05, 4.69) is 27.4 Å². The second-order valence-electron chi connectivity index (χ2n) is 7.62. The summed E-state index contributed by atoms with van der Waals surface area (Å²) < 4.78 is 5.31. The highest BCUT2D eigenvalue weighted by Crippen LogP contribution is 2.26. The van der Waals surface area contributed by atoms with Gasteiger partial charge >= 0.3 is 0 Å². The van der Waals surface area contributed by atoms with Crippen LogP contribution in [0.2, 0.25) is 0 Å². The van der Waals surface area contributed by atoms with Gasteiger partial charge in [-0.05, 0) is 25.7 Å². The summed E-state index contributed by atoms with van der Waals surface area (Å²) in [6.45, 7) is 7.40. The molecule has 2 aliphatic heterocycles. The molecule has 5 nitrogen and oxygen atoms in total. The first-order valence-electron chi connectivity index (χ1n) is 8.97. The zero-order valence-corrected chi connectivity index (χ0v) is 14.2. The molecule has 3 aliphatic rings. The number of rotatable bonds is 4. The Hall–Kier alpha value is -0.810. The first kappa shape index (κ1) is 16.1. The van der Waals surface area contributed by atoms with E-state index < -0.39 is 0 Å². The Morgan fingerprint density at radius 1 is 1.18 bits per heavy atom. The average Bonchev–Trinajstić information content (AvgIpc) is 3.04. The van der Waals surface area contributed by atoms with Gasteiger partial charge in [0.15, 0.2) is 5.96 Å². The minimum atomic E-state index is 0.281. The lowest BCUT2D eigenvalue weighted by molar-refractivity contribution is -0.0971. The molecule has 2 N–H and O–H groups in total. The van der Waals surface area contributed by atoms with Crippen molar-refractivity contribution in [1.82, 2.24) is 15.5 Å². The second kappa shape index (κ2) is 7.18. The zero-order valence-electron chi connectivity index (χ0n) is 14.2. The molecule has 0 radical (unpaired) electrons. The topological polar surface area (TPSA) is 48.9 Å². The molecule has 126 valence electrons. The van der Waals surface area contributed by atoms with Gasteiger partial charge in [-0.1, -0.05) is 19.8 Å². The Kier molecular flexibility index (Phi) is 5.24. The molecule has 0 unspecified atom stereocenters. The monoisotopic (exact) mass is 308 g/mol.